The van der Waals surface area contributed by atoms with Gasteiger partial charge < -0.3 is 4.74 Å². The van der Waals surface area contributed by atoms with E-state index < -0.39 is 23.3 Å². The van der Waals surface area contributed by atoms with Gasteiger partial charge in [0.2, 0.25) is 0 Å². The summed E-state index contributed by atoms with van der Waals surface area (Å²) < 4.78 is 54.4. The van der Waals surface area contributed by atoms with E-state index in [4.69, 9.17) is 4.74 Å². The molecule has 0 saturated carbocycles. The first-order valence-electron chi connectivity index (χ1n) is 4.89. The third-order valence-electron chi connectivity index (χ3n) is 1.86. The zero-order valence-corrected chi connectivity index (χ0v) is 8.97. The van der Waals surface area contributed by atoms with Crippen LogP contribution in [0.25, 0.3) is 0 Å². The fourth-order valence-electron chi connectivity index (χ4n) is 1.16. The normalized spacial score (nSPS) is 11.4. The average molecular weight is 250 g/mol. The minimum absolute atomic E-state index is 0.0838. The first-order chi connectivity index (χ1) is 7.84. The highest BCUT2D eigenvalue weighted by Crippen LogP contribution is 2.25. The monoisotopic (exact) mass is 250 g/mol. The molecule has 0 heterocycles. The number of benzene rings is 1. The molecule has 6 heteroatoms. The summed E-state index contributed by atoms with van der Waals surface area (Å²) in [6.45, 7) is 2.03. The first kappa shape index (κ1) is 13.5. The summed E-state index contributed by atoms with van der Waals surface area (Å²) in [5.41, 5.74) is -0.761. The van der Waals surface area contributed by atoms with Gasteiger partial charge >= 0.3 is 6.18 Å². The molecule has 0 amide bonds. The summed E-state index contributed by atoms with van der Waals surface area (Å²) >= 11 is 0. The summed E-state index contributed by atoms with van der Waals surface area (Å²) in [4.78, 5) is 10.9. The molecule has 0 fully saturated rings. The van der Waals surface area contributed by atoms with Crippen molar-refractivity contribution in [3.05, 3.63) is 29.6 Å². The van der Waals surface area contributed by atoms with Gasteiger partial charge in [0.25, 0.3) is 5.78 Å². The number of hydrogen-bond acceptors (Lipinski definition) is 2. The molecular formula is C11H10F4O2. The Morgan fingerprint density at radius 3 is 2.47 bits per heavy atom. The molecule has 0 atom stereocenters. The molecule has 1 aromatic rings. The lowest BCUT2D eigenvalue weighted by Crippen LogP contribution is -2.22. The fraction of sp³-hybridized carbons (Fsp3) is 0.364. The highest BCUT2D eigenvalue weighted by Gasteiger charge is 2.39. The van der Waals surface area contributed by atoms with Crippen molar-refractivity contribution in [2.75, 3.05) is 6.61 Å². The summed E-state index contributed by atoms with van der Waals surface area (Å²) in [6.07, 6.45) is -4.39. The van der Waals surface area contributed by atoms with E-state index in [1.165, 1.54) is 0 Å². The number of halogens is 4. The molecule has 94 valence electrons. The molecule has 0 spiro atoms. The summed E-state index contributed by atoms with van der Waals surface area (Å²) in [6, 6.07) is 2.35. The lowest BCUT2D eigenvalue weighted by Gasteiger charge is -2.08. The summed E-state index contributed by atoms with van der Waals surface area (Å²) in [7, 11) is 0. The Labute approximate surface area is 95.2 Å². The molecule has 0 bridgehead atoms. The average Bonchev–Trinajstić information content (AvgIpc) is 2.23. The van der Waals surface area contributed by atoms with Crippen LogP contribution < -0.4 is 4.74 Å². The van der Waals surface area contributed by atoms with Crippen LogP contribution in [0, 0.1) is 5.82 Å². The second-order valence-corrected chi connectivity index (χ2v) is 3.35. The van der Waals surface area contributed by atoms with Gasteiger partial charge in [-0.15, -0.1) is 0 Å². The van der Waals surface area contributed by atoms with E-state index in [1.807, 2.05) is 0 Å². The van der Waals surface area contributed by atoms with Crippen molar-refractivity contribution in [2.24, 2.45) is 0 Å². The molecule has 2 nitrogen and oxygen atoms in total. The number of alkyl halides is 3. The van der Waals surface area contributed by atoms with Gasteiger partial charge in [-0.25, -0.2) is 4.39 Å². The van der Waals surface area contributed by atoms with Crippen molar-refractivity contribution >= 4 is 5.78 Å². The molecule has 0 saturated heterocycles. The van der Waals surface area contributed by atoms with E-state index in [9.17, 15) is 22.4 Å². The zero-order valence-electron chi connectivity index (χ0n) is 8.97. The molecule has 0 aliphatic carbocycles. The van der Waals surface area contributed by atoms with Crippen molar-refractivity contribution < 1.29 is 27.1 Å². The SMILES string of the molecule is CCCOc1cc(F)cc(C(=O)C(F)(F)F)c1. The number of ether oxygens (including phenoxy) is 1. The zero-order chi connectivity index (χ0) is 13.1. The van der Waals surface area contributed by atoms with E-state index in [1.54, 1.807) is 6.92 Å². The maximum Gasteiger partial charge on any atom is 0.454 e. The van der Waals surface area contributed by atoms with Crippen LogP contribution in [0.15, 0.2) is 18.2 Å². The van der Waals surface area contributed by atoms with Crippen LogP contribution in [-0.4, -0.2) is 18.6 Å². The van der Waals surface area contributed by atoms with Gasteiger partial charge in [0.05, 0.1) is 6.61 Å². The van der Waals surface area contributed by atoms with Crippen molar-refractivity contribution in [2.45, 2.75) is 19.5 Å². The number of ketones is 1. The van der Waals surface area contributed by atoms with Crippen LogP contribution in [0.4, 0.5) is 17.6 Å². The number of carbonyl (C=O) groups is 1. The number of Topliss-reactive ketones (excluding diaryl/α,β-unsaturated/α-hetero) is 1. The van der Waals surface area contributed by atoms with E-state index in [-0.39, 0.29) is 12.4 Å². The minimum atomic E-state index is -5.02. The lowest BCUT2D eigenvalue weighted by molar-refractivity contribution is -0.0885. The molecule has 1 rings (SSSR count). The summed E-state index contributed by atoms with van der Waals surface area (Å²) in [5.74, 6) is -3.11. The second-order valence-electron chi connectivity index (χ2n) is 3.35. The number of carbonyl (C=O) groups excluding carboxylic acids is 1. The Kier molecular flexibility index (Phi) is 4.09. The third kappa shape index (κ3) is 3.72. The molecule has 0 radical (unpaired) electrons. The Morgan fingerprint density at radius 1 is 1.29 bits per heavy atom. The Balaban J connectivity index is 3.01. The van der Waals surface area contributed by atoms with Gasteiger partial charge in [-0.3, -0.25) is 4.79 Å². The van der Waals surface area contributed by atoms with Gasteiger partial charge in [0.15, 0.2) is 0 Å². The van der Waals surface area contributed by atoms with E-state index in [0.29, 0.717) is 12.5 Å². The van der Waals surface area contributed by atoms with Gasteiger partial charge in [-0.1, -0.05) is 6.92 Å². The minimum Gasteiger partial charge on any atom is -0.493 e. The molecular weight excluding hydrogens is 240 g/mol. The van der Waals surface area contributed by atoms with Crippen LogP contribution in [0.5, 0.6) is 5.75 Å². The number of hydrogen-bond donors (Lipinski definition) is 0. The van der Waals surface area contributed by atoms with Crippen LogP contribution in [-0.2, 0) is 0 Å². The smallest absolute Gasteiger partial charge is 0.454 e. The Hall–Kier alpha value is -1.59. The van der Waals surface area contributed by atoms with Crippen molar-refractivity contribution in [1.29, 1.82) is 0 Å². The highest BCUT2D eigenvalue weighted by molar-refractivity contribution is 6.00. The van der Waals surface area contributed by atoms with Crippen LogP contribution in [0.2, 0.25) is 0 Å². The quantitative estimate of drug-likeness (QED) is 0.605. The molecule has 17 heavy (non-hydrogen) atoms. The molecule has 0 N–H and O–H groups in total. The largest absolute Gasteiger partial charge is 0.493 e. The molecule has 0 aliphatic heterocycles. The van der Waals surface area contributed by atoms with Crippen LogP contribution in [0.3, 0.4) is 0 Å². The van der Waals surface area contributed by atoms with E-state index in [2.05, 4.69) is 0 Å². The van der Waals surface area contributed by atoms with E-state index in [0.717, 1.165) is 12.1 Å². The van der Waals surface area contributed by atoms with Crippen LogP contribution in [0.1, 0.15) is 23.7 Å². The summed E-state index contributed by atoms with van der Waals surface area (Å²) in [5, 5.41) is 0. The standard InChI is InChI=1S/C11H10F4O2/c1-2-3-17-9-5-7(4-8(12)6-9)10(16)11(13,14)15/h4-6H,2-3H2,1H3. The maximum absolute atomic E-state index is 13.0. The van der Waals surface area contributed by atoms with Gasteiger partial charge in [-0.05, 0) is 18.6 Å². The van der Waals surface area contributed by atoms with E-state index >= 15 is 0 Å². The Morgan fingerprint density at radius 2 is 1.94 bits per heavy atom. The molecule has 0 aromatic heterocycles. The fourth-order valence-corrected chi connectivity index (χ4v) is 1.16. The highest BCUT2D eigenvalue weighted by atomic mass is 19.4. The van der Waals surface area contributed by atoms with Gasteiger partial charge in [0.1, 0.15) is 11.6 Å². The predicted octanol–water partition coefficient (Wildman–Crippen LogP) is 3.36. The predicted molar refractivity (Wildman–Crippen MR) is 52.6 cm³/mol. The molecule has 0 aliphatic rings. The Bertz CT molecular complexity index is 412. The van der Waals surface area contributed by atoms with Gasteiger partial charge in [-0.2, -0.15) is 13.2 Å². The topological polar surface area (TPSA) is 26.3 Å². The molecule has 1 aromatic carbocycles. The lowest BCUT2D eigenvalue weighted by atomic mass is 10.1. The van der Waals surface area contributed by atoms with Crippen LogP contribution >= 0.6 is 0 Å². The first-order valence-corrected chi connectivity index (χ1v) is 4.89. The third-order valence-corrected chi connectivity index (χ3v) is 1.86. The van der Waals surface area contributed by atoms with Gasteiger partial charge in [0, 0.05) is 11.6 Å². The van der Waals surface area contributed by atoms with Crippen molar-refractivity contribution in [3.8, 4) is 5.75 Å². The van der Waals surface area contributed by atoms with Crippen molar-refractivity contribution in [3.63, 3.8) is 0 Å². The maximum atomic E-state index is 13.0. The van der Waals surface area contributed by atoms with Crippen molar-refractivity contribution in [1.82, 2.24) is 0 Å². The number of rotatable bonds is 4. The molecule has 0 unspecified atom stereocenters. The second kappa shape index (κ2) is 5.16.